The largest absolute Gasteiger partial charge is 0.481 e. The summed E-state index contributed by atoms with van der Waals surface area (Å²) < 4.78 is 5.11. The van der Waals surface area contributed by atoms with Crippen LogP contribution in [0.5, 0.6) is 0 Å². The van der Waals surface area contributed by atoms with Crippen LogP contribution in [0.1, 0.15) is 23.2 Å². The predicted octanol–water partition coefficient (Wildman–Crippen LogP) is 1.73. The summed E-state index contributed by atoms with van der Waals surface area (Å²) in [4.78, 5) is 35.8. The Labute approximate surface area is 120 Å². The summed E-state index contributed by atoms with van der Waals surface area (Å²) in [6, 6.07) is 8.43. The molecule has 1 amide bonds. The van der Waals surface area contributed by atoms with Crippen LogP contribution in [0.4, 0.5) is 0 Å². The highest BCUT2D eigenvalue weighted by atomic mass is 16.4. The van der Waals surface area contributed by atoms with Gasteiger partial charge in [-0.05, 0) is 18.6 Å². The summed E-state index contributed by atoms with van der Waals surface area (Å²) in [5, 5.41) is 9.24. The number of benzene rings is 1. The first-order valence-corrected chi connectivity index (χ1v) is 6.49. The fourth-order valence-electron chi connectivity index (χ4n) is 1.99. The Balaban J connectivity index is 2.20. The molecule has 0 atom stereocenters. The van der Waals surface area contributed by atoms with Gasteiger partial charge in [0.2, 0.25) is 0 Å². The average Bonchev–Trinajstić information content (AvgIpc) is 2.45. The smallest absolute Gasteiger partial charge is 0.349 e. The maximum absolute atomic E-state index is 12.2. The van der Waals surface area contributed by atoms with Crippen LogP contribution in [0.2, 0.25) is 0 Å². The van der Waals surface area contributed by atoms with Gasteiger partial charge in [-0.2, -0.15) is 0 Å². The van der Waals surface area contributed by atoms with E-state index in [-0.39, 0.29) is 18.5 Å². The molecule has 2 rings (SSSR count). The highest BCUT2D eigenvalue weighted by molar-refractivity contribution is 5.96. The van der Waals surface area contributed by atoms with Crippen molar-refractivity contribution in [1.29, 1.82) is 0 Å². The molecule has 1 aromatic heterocycles. The lowest BCUT2D eigenvalue weighted by Gasteiger charge is -2.16. The third kappa shape index (κ3) is 3.47. The number of carbonyl (C=O) groups is 2. The first-order chi connectivity index (χ1) is 9.99. The molecule has 2 aromatic rings. The number of aliphatic carboxylic acids is 1. The molecule has 0 aliphatic carbocycles. The van der Waals surface area contributed by atoms with Crippen LogP contribution in [-0.4, -0.2) is 35.5 Å². The monoisotopic (exact) mass is 289 g/mol. The Kier molecular flexibility index (Phi) is 4.37. The highest BCUT2D eigenvalue weighted by Gasteiger charge is 2.17. The van der Waals surface area contributed by atoms with Gasteiger partial charge >= 0.3 is 11.6 Å². The first-order valence-electron chi connectivity index (χ1n) is 6.49. The Hall–Kier alpha value is -2.63. The molecule has 0 fully saturated rings. The number of rotatable bonds is 5. The zero-order valence-electron chi connectivity index (χ0n) is 11.5. The second-order valence-electron chi connectivity index (χ2n) is 4.71. The minimum Gasteiger partial charge on any atom is -0.481 e. The van der Waals surface area contributed by atoms with E-state index in [1.54, 1.807) is 24.3 Å². The average molecular weight is 289 g/mol. The third-order valence-electron chi connectivity index (χ3n) is 3.10. The zero-order valence-corrected chi connectivity index (χ0v) is 11.5. The molecule has 110 valence electrons. The van der Waals surface area contributed by atoms with E-state index in [9.17, 15) is 14.4 Å². The van der Waals surface area contributed by atoms with E-state index in [4.69, 9.17) is 9.52 Å². The maximum Gasteiger partial charge on any atom is 0.349 e. The molecular weight excluding hydrogens is 274 g/mol. The molecule has 0 unspecified atom stereocenters. The van der Waals surface area contributed by atoms with Crippen molar-refractivity contribution in [3.8, 4) is 0 Å². The zero-order chi connectivity index (χ0) is 15.4. The fourth-order valence-corrected chi connectivity index (χ4v) is 1.99. The van der Waals surface area contributed by atoms with E-state index in [0.717, 1.165) is 0 Å². The lowest BCUT2D eigenvalue weighted by atomic mass is 10.1. The lowest BCUT2D eigenvalue weighted by Crippen LogP contribution is -2.31. The molecular formula is C15H15NO5. The van der Waals surface area contributed by atoms with Gasteiger partial charge in [-0.25, -0.2) is 4.79 Å². The number of hydrogen-bond acceptors (Lipinski definition) is 4. The Morgan fingerprint density at radius 2 is 2.00 bits per heavy atom. The third-order valence-corrected chi connectivity index (χ3v) is 3.10. The van der Waals surface area contributed by atoms with Gasteiger partial charge in [0.1, 0.15) is 11.1 Å². The summed E-state index contributed by atoms with van der Waals surface area (Å²) in [6.45, 7) is 0.261. The number of carboxylic acid groups (broad SMARTS) is 1. The van der Waals surface area contributed by atoms with Gasteiger partial charge < -0.3 is 14.4 Å². The van der Waals surface area contributed by atoms with Crippen LogP contribution < -0.4 is 5.63 Å². The lowest BCUT2D eigenvalue weighted by molar-refractivity contribution is -0.137. The number of nitrogens with zero attached hydrogens (tertiary/aromatic N) is 1. The number of para-hydroxylation sites is 1. The van der Waals surface area contributed by atoms with E-state index in [0.29, 0.717) is 17.4 Å². The number of carboxylic acids is 1. The van der Waals surface area contributed by atoms with Crippen molar-refractivity contribution in [3.63, 3.8) is 0 Å². The van der Waals surface area contributed by atoms with Crippen molar-refractivity contribution in [3.05, 3.63) is 46.3 Å². The van der Waals surface area contributed by atoms with Gasteiger partial charge in [0.15, 0.2) is 0 Å². The Bertz CT molecular complexity index is 734. The second kappa shape index (κ2) is 6.21. The minimum absolute atomic E-state index is 0.0239. The molecule has 1 aromatic carbocycles. The van der Waals surface area contributed by atoms with Gasteiger partial charge in [-0.15, -0.1) is 0 Å². The Morgan fingerprint density at radius 3 is 2.71 bits per heavy atom. The van der Waals surface area contributed by atoms with E-state index >= 15 is 0 Å². The van der Waals surface area contributed by atoms with Gasteiger partial charge in [-0.1, -0.05) is 18.2 Å². The van der Waals surface area contributed by atoms with Crippen LogP contribution in [0.25, 0.3) is 11.0 Å². The minimum atomic E-state index is -0.916. The van der Waals surface area contributed by atoms with Gasteiger partial charge in [0, 0.05) is 25.4 Å². The molecule has 6 nitrogen and oxygen atoms in total. The molecule has 0 aliphatic rings. The highest BCUT2D eigenvalue weighted by Crippen LogP contribution is 2.13. The number of amides is 1. The van der Waals surface area contributed by atoms with Crippen molar-refractivity contribution >= 4 is 22.8 Å². The summed E-state index contributed by atoms with van der Waals surface area (Å²) >= 11 is 0. The molecule has 21 heavy (non-hydrogen) atoms. The van der Waals surface area contributed by atoms with Crippen molar-refractivity contribution in [2.24, 2.45) is 0 Å². The number of fused-ring (bicyclic) bond motifs is 1. The van der Waals surface area contributed by atoms with Crippen molar-refractivity contribution in [2.45, 2.75) is 12.8 Å². The van der Waals surface area contributed by atoms with E-state index in [1.807, 2.05) is 0 Å². The second-order valence-corrected chi connectivity index (χ2v) is 4.71. The van der Waals surface area contributed by atoms with E-state index in [1.165, 1.54) is 18.0 Å². The molecule has 1 N–H and O–H groups in total. The van der Waals surface area contributed by atoms with Crippen molar-refractivity contribution in [1.82, 2.24) is 4.90 Å². The molecule has 1 heterocycles. The Morgan fingerprint density at radius 1 is 1.29 bits per heavy atom. The number of carbonyl (C=O) groups excluding carboxylic acids is 1. The number of hydrogen-bond donors (Lipinski definition) is 1. The molecule has 0 radical (unpaired) electrons. The summed E-state index contributed by atoms with van der Waals surface area (Å²) in [6.07, 6.45) is 0.306. The van der Waals surface area contributed by atoms with Crippen molar-refractivity contribution < 1.29 is 19.1 Å². The van der Waals surface area contributed by atoms with Crippen LogP contribution in [0.15, 0.2) is 39.5 Å². The first kappa shape index (κ1) is 14.8. The molecule has 0 bridgehead atoms. The van der Waals surface area contributed by atoms with Crippen LogP contribution in [0.3, 0.4) is 0 Å². The molecule has 6 heteroatoms. The van der Waals surface area contributed by atoms with E-state index in [2.05, 4.69) is 0 Å². The SMILES string of the molecule is CN(CCCC(=O)O)C(=O)c1cc2ccccc2oc1=O. The quantitative estimate of drug-likeness (QED) is 0.847. The summed E-state index contributed by atoms with van der Waals surface area (Å²) in [5.74, 6) is -1.39. The molecule has 0 saturated heterocycles. The normalized spacial score (nSPS) is 10.5. The van der Waals surface area contributed by atoms with Gasteiger partial charge in [0.25, 0.3) is 5.91 Å². The summed E-state index contributed by atoms with van der Waals surface area (Å²) in [5.41, 5.74) is -0.317. The van der Waals surface area contributed by atoms with Gasteiger partial charge in [0.05, 0.1) is 0 Å². The predicted molar refractivity (Wildman–Crippen MR) is 76.3 cm³/mol. The van der Waals surface area contributed by atoms with Crippen molar-refractivity contribution in [2.75, 3.05) is 13.6 Å². The van der Waals surface area contributed by atoms with E-state index < -0.39 is 17.5 Å². The summed E-state index contributed by atoms with van der Waals surface area (Å²) in [7, 11) is 1.53. The van der Waals surface area contributed by atoms with Crippen LogP contribution in [0, 0.1) is 0 Å². The topological polar surface area (TPSA) is 87.8 Å². The molecule has 0 aliphatic heterocycles. The standard InChI is InChI=1S/C15H15NO5/c1-16(8-4-7-13(17)18)14(19)11-9-10-5-2-3-6-12(10)21-15(11)20/h2-3,5-6,9H,4,7-8H2,1H3,(H,17,18). The molecule has 0 saturated carbocycles. The molecule has 0 spiro atoms. The van der Waals surface area contributed by atoms with Gasteiger partial charge in [-0.3, -0.25) is 9.59 Å². The maximum atomic E-state index is 12.2. The van der Waals surface area contributed by atoms with Crippen LogP contribution in [-0.2, 0) is 4.79 Å². The van der Waals surface area contributed by atoms with Crippen LogP contribution >= 0.6 is 0 Å². The fraction of sp³-hybridized carbons (Fsp3) is 0.267.